The minimum atomic E-state index is -2.52. The summed E-state index contributed by atoms with van der Waals surface area (Å²) in [5.41, 5.74) is 1.56. The van der Waals surface area contributed by atoms with Gasteiger partial charge in [0.2, 0.25) is 5.76 Å². The highest BCUT2D eigenvalue weighted by Gasteiger charge is 2.55. The molecule has 0 radical (unpaired) electrons. The van der Waals surface area contributed by atoms with E-state index in [-0.39, 0.29) is 24.7 Å². The molecular weight excluding hydrogens is 352 g/mol. The fraction of sp³-hybridized carbons (Fsp3) is 0.250. The molecule has 1 heterocycles. The van der Waals surface area contributed by atoms with Crippen molar-refractivity contribution in [3.63, 3.8) is 0 Å². The normalized spacial score (nSPS) is 20.3. The van der Waals surface area contributed by atoms with E-state index in [9.17, 15) is 20.1 Å². The second-order valence-electron chi connectivity index (χ2n) is 5.99. The smallest absolute Gasteiger partial charge is 0.380 e. The molecule has 2 aromatic rings. The third-order valence-corrected chi connectivity index (χ3v) is 4.04. The van der Waals surface area contributed by atoms with Crippen molar-refractivity contribution < 1.29 is 34.3 Å². The molecule has 2 atom stereocenters. The van der Waals surface area contributed by atoms with Crippen LogP contribution in [0.2, 0.25) is 0 Å². The molecule has 142 valence electrons. The predicted molar refractivity (Wildman–Crippen MR) is 93.6 cm³/mol. The molecule has 2 aromatic carbocycles. The second kappa shape index (κ2) is 8.22. The molecular formula is C20H20O7. The fourth-order valence-electron chi connectivity index (χ4n) is 2.59. The van der Waals surface area contributed by atoms with Gasteiger partial charge in [-0.1, -0.05) is 60.7 Å². The number of hydrogen-bond donors (Lipinski definition) is 3. The Bertz CT molecular complexity index is 804. The van der Waals surface area contributed by atoms with Crippen LogP contribution in [0.15, 0.2) is 72.2 Å². The number of cyclic esters (lactones) is 1. The monoisotopic (exact) mass is 372 g/mol. The lowest BCUT2D eigenvalue weighted by atomic mass is 10.1. The molecule has 3 rings (SSSR count). The number of aliphatic hydroxyl groups is 3. The average molecular weight is 372 g/mol. The molecule has 1 aliphatic heterocycles. The fourth-order valence-corrected chi connectivity index (χ4v) is 2.59. The Morgan fingerprint density at radius 2 is 1.44 bits per heavy atom. The molecule has 0 spiro atoms. The first kappa shape index (κ1) is 18.9. The van der Waals surface area contributed by atoms with E-state index >= 15 is 0 Å². The van der Waals surface area contributed by atoms with Gasteiger partial charge >= 0.3 is 11.8 Å². The summed E-state index contributed by atoms with van der Waals surface area (Å²) in [5, 5.41) is 29.8. The van der Waals surface area contributed by atoms with E-state index in [1.807, 2.05) is 36.4 Å². The molecule has 3 N–H and O–H groups in total. The zero-order valence-electron chi connectivity index (χ0n) is 14.4. The standard InChI is InChI=1S/C20H20O7/c21-11-16(22)20(24)18(26-13-15-9-5-2-6-10-15)17(19(23)27-20)25-12-14-7-3-1-4-8-14/h1-10,16,21-22,24H,11-13H2/t16-,20+/m0/s1. The predicted octanol–water partition coefficient (Wildman–Crippen LogP) is 1.23. The van der Waals surface area contributed by atoms with E-state index in [1.165, 1.54) is 0 Å². The van der Waals surface area contributed by atoms with Crippen LogP contribution in [-0.4, -0.2) is 39.8 Å². The summed E-state index contributed by atoms with van der Waals surface area (Å²) in [5.74, 6) is -4.21. The van der Waals surface area contributed by atoms with E-state index < -0.39 is 24.5 Å². The van der Waals surface area contributed by atoms with Gasteiger partial charge in [-0.15, -0.1) is 0 Å². The van der Waals surface area contributed by atoms with Crippen LogP contribution in [0.3, 0.4) is 0 Å². The van der Waals surface area contributed by atoms with Gasteiger partial charge in [-0.05, 0) is 11.1 Å². The third-order valence-electron chi connectivity index (χ3n) is 4.04. The summed E-state index contributed by atoms with van der Waals surface area (Å²) >= 11 is 0. The molecule has 1 aliphatic rings. The van der Waals surface area contributed by atoms with Gasteiger partial charge in [0, 0.05) is 0 Å². The van der Waals surface area contributed by atoms with Crippen molar-refractivity contribution in [1.82, 2.24) is 0 Å². The highest BCUT2D eigenvalue weighted by molar-refractivity contribution is 5.90. The van der Waals surface area contributed by atoms with E-state index in [4.69, 9.17) is 14.2 Å². The number of hydrogen-bond acceptors (Lipinski definition) is 7. The molecule has 0 saturated carbocycles. The molecule has 0 fully saturated rings. The van der Waals surface area contributed by atoms with Crippen molar-refractivity contribution in [2.24, 2.45) is 0 Å². The molecule has 27 heavy (non-hydrogen) atoms. The zero-order chi connectivity index (χ0) is 19.3. The first-order valence-corrected chi connectivity index (χ1v) is 8.37. The molecule has 0 bridgehead atoms. The summed E-state index contributed by atoms with van der Waals surface area (Å²) in [4.78, 5) is 12.2. The first-order valence-electron chi connectivity index (χ1n) is 8.37. The average Bonchev–Trinajstić information content (AvgIpc) is 2.95. The Morgan fingerprint density at radius 3 is 1.96 bits per heavy atom. The van der Waals surface area contributed by atoms with Crippen LogP contribution in [0.1, 0.15) is 11.1 Å². The summed E-state index contributed by atoms with van der Waals surface area (Å²) in [6, 6.07) is 18.1. The number of benzene rings is 2. The Kier molecular flexibility index (Phi) is 5.75. The van der Waals surface area contributed by atoms with Gasteiger partial charge in [0.05, 0.1) is 6.61 Å². The van der Waals surface area contributed by atoms with Gasteiger partial charge in [0.15, 0.2) is 6.10 Å². The number of ether oxygens (including phenoxy) is 3. The summed E-state index contributed by atoms with van der Waals surface area (Å²) in [6.45, 7) is -0.797. The van der Waals surface area contributed by atoms with Crippen molar-refractivity contribution in [1.29, 1.82) is 0 Å². The molecule has 0 unspecified atom stereocenters. The van der Waals surface area contributed by atoms with Crippen LogP contribution in [-0.2, 0) is 32.2 Å². The molecule has 7 nitrogen and oxygen atoms in total. The van der Waals surface area contributed by atoms with Gasteiger partial charge < -0.3 is 29.5 Å². The van der Waals surface area contributed by atoms with Crippen LogP contribution in [0.25, 0.3) is 0 Å². The van der Waals surface area contributed by atoms with Gasteiger partial charge in [0.25, 0.3) is 5.76 Å². The molecule has 0 aromatic heterocycles. The van der Waals surface area contributed by atoms with Gasteiger partial charge in [-0.3, -0.25) is 0 Å². The lowest BCUT2D eigenvalue weighted by Crippen LogP contribution is -2.47. The third kappa shape index (κ3) is 4.11. The lowest BCUT2D eigenvalue weighted by Gasteiger charge is -2.27. The number of carbonyl (C=O) groups is 1. The molecule has 0 saturated heterocycles. The van der Waals surface area contributed by atoms with Crippen LogP contribution >= 0.6 is 0 Å². The second-order valence-corrected chi connectivity index (χ2v) is 5.99. The van der Waals surface area contributed by atoms with Crippen molar-refractivity contribution in [2.75, 3.05) is 6.61 Å². The summed E-state index contributed by atoms with van der Waals surface area (Å²) < 4.78 is 16.0. The van der Waals surface area contributed by atoms with Gasteiger partial charge in [-0.2, -0.15) is 0 Å². The van der Waals surface area contributed by atoms with Crippen molar-refractivity contribution in [3.8, 4) is 0 Å². The largest absolute Gasteiger partial charge is 0.483 e. The SMILES string of the molecule is O=C1O[C@](O)([C@@H](O)CO)C(OCc2ccccc2)=C1OCc1ccccc1. The van der Waals surface area contributed by atoms with Crippen LogP contribution in [0.4, 0.5) is 0 Å². The summed E-state index contributed by atoms with van der Waals surface area (Å²) in [6.07, 6.45) is -1.79. The topological polar surface area (TPSA) is 105 Å². The van der Waals surface area contributed by atoms with Crippen LogP contribution < -0.4 is 0 Å². The Balaban J connectivity index is 1.86. The van der Waals surface area contributed by atoms with E-state index in [0.717, 1.165) is 11.1 Å². The van der Waals surface area contributed by atoms with E-state index in [0.29, 0.717) is 0 Å². The maximum atomic E-state index is 12.2. The highest BCUT2D eigenvalue weighted by Crippen LogP contribution is 2.36. The highest BCUT2D eigenvalue weighted by atomic mass is 16.7. The molecule has 7 heteroatoms. The minimum Gasteiger partial charge on any atom is -0.483 e. The number of carbonyl (C=O) groups excluding carboxylic acids is 1. The molecule has 0 aliphatic carbocycles. The van der Waals surface area contributed by atoms with Crippen molar-refractivity contribution in [3.05, 3.63) is 83.3 Å². The van der Waals surface area contributed by atoms with Crippen LogP contribution in [0.5, 0.6) is 0 Å². The Hall–Kier alpha value is -2.87. The zero-order valence-corrected chi connectivity index (χ0v) is 14.4. The Labute approximate surface area is 156 Å². The molecule has 0 amide bonds. The van der Waals surface area contributed by atoms with E-state index in [2.05, 4.69) is 0 Å². The number of esters is 1. The quantitative estimate of drug-likeness (QED) is 0.599. The summed E-state index contributed by atoms with van der Waals surface area (Å²) in [7, 11) is 0. The maximum Gasteiger partial charge on any atom is 0.380 e. The van der Waals surface area contributed by atoms with Crippen molar-refractivity contribution in [2.45, 2.75) is 25.1 Å². The Morgan fingerprint density at radius 1 is 0.926 bits per heavy atom. The van der Waals surface area contributed by atoms with Gasteiger partial charge in [0.1, 0.15) is 13.2 Å². The minimum absolute atomic E-state index is 0.00543. The lowest BCUT2D eigenvalue weighted by molar-refractivity contribution is -0.236. The van der Waals surface area contributed by atoms with Gasteiger partial charge in [-0.25, -0.2) is 4.79 Å². The number of rotatable bonds is 8. The number of aliphatic hydroxyl groups excluding tert-OH is 2. The van der Waals surface area contributed by atoms with E-state index in [1.54, 1.807) is 24.3 Å². The maximum absolute atomic E-state index is 12.2. The first-order chi connectivity index (χ1) is 13.0. The van der Waals surface area contributed by atoms with Crippen molar-refractivity contribution >= 4 is 5.97 Å². The van der Waals surface area contributed by atoms with Crippen LogP contribution in [0, 0.1) is 0 Å².